The van der Waals surface area contributed by atoms with Gasteiger partial charge in [0.2, 0.25) is 21.8 Å². The third kappa shape index (κ3) is 7.61. The van der Waals surface area contributed by atoms with Gasteiger partial charge < -0.3 is 10.2 Å². The van der Waals surface area contributed by atoms with Crippen molar-refractivity contribution in [3.63, 3.8) is 0 Å². The predicted molar refractivity (Wildman–Crippen MR) is 138 cm³/mol. The summed E-state index contributed by atoms with van der Waals surface area (Å²) < 4.78 is 26.3. The smallest absolute Gasteiger partial charge is 0.244 e. The van der Waals surface area contributed by atoms with E-state index in [0.29, 0.717) is 33.4 Å². The minimum Gasteiger partial charge on any atom is -0.354 e. The molecule has 0 radical (unpaired) electrons. The zero-order valence-corrected chi connectivity index (χ0v) is 22.2. The second kappa shape index (κ2) is 12.4. The number of nitrogens with one attached hydrogen (secondary N) is 1. The van der Waals surface area contributed by atoms with Crippen molar-refractivity contribution in [2.24, 2.45) is 0 Å². The number of benzene rings is 2. The molecule has 2 aromatic rings. The van der Waals surface area contributed by atoms with E-state index in [1.165, 1.54) is 4.90 Å². The summed E-state index contributed by atoms with van der Waals surface area (Å²) in [5, 5.41) is 3.53. The highest BCUT2D eigenvalue weighted by Gasteiger charge is 2.30. The van der Waals surface area contributed by atoms with Crippen LogP contribution in [0, 0.1) is 6.92 Å². The lowest BCUT2D eigenvalue weighted by atomic mass is 10.1. The SMILES string of the molecule is CCCCNC(=O)[C@@H](C)N(Cc1ccc(Cl)c(Cl)c1)C(=O)CN(c1ccccc1C)S(C)(=O)=O. The Hall–Kier alpha value is -2.29. The van der Waals surface area contributed by atoms with Gasteiger partial charge in [-0.3, -0.25) is 13.9 Å². The van der Waals surface area contributed by atoms with Crippen LogP contribution in [0.1, 0.15) is 37.8 Å². The van der Waals surface area contributed by atoms with Crippen LogP contribution in [0.25, 0.3) is 0 Å². The molecule has 0 saturated heterocycles. The number of anilines is 1. The molecule has 0 unspecified atom stereocenters. The molecule has 7 nitrogen and oxygen atoms in total. The topological polar surface area (TPSA) is 86.8 Å². The Kier molecular flexibility index (Phi) is 10.2. The zero-order chi connectivity index (χ0) is 25.5. The van der Waals surface area contributed by atoms with Crippen molar-refractivity contribution in [3.05, 3.63) is 63.6 Å². The van der Waals surface area contributed by atoms with E-state index in [2.05, 4.69) is 5.32 Å². The van der Waals surface area contributed by atoms with Crippen molar-refractivity contribution in [1.82, 2.24) is 10.2 Å². The first-order valence-electron chi connectivity index (χ1n) is 11.0. The first kappa shape index (κ1) is 28.0. The Labute approximate surface area is 212 Å². The largest absolute Gasteiger partial charge is 0.354 e. The summed E-state index contributed by atoms with van der Waals surface area (Å²) in [4.78, 5) is 27.7. The van der Waals surface area contributed by atoms with E-state index in [1.54, 1.807) is 56.3 Å². The molecule has 1 N–H and O–H groups in total. The average molecular weight is 529 g/mol. The predicted octanol–water partition coefficient (Wildman–Crippen LogP) is 4.40. The molecule has 0 aliphatic heterocycles. The van der Waals surface area contributed by atoms with E-state index in [9.17, 15) is 18.0 Å². The van der Waals surface area contributed by atoms with Gasteiger partial charge in [0.15, 0.2) is 0 Å². The first-order valence-corrected chi connectivity index (χ1v) is 13.6. The number of hydrogen-bond donors (Lipinski definition) is 1. The fourth-order valence-electron chi connectivity index (χ4n) is 3.39. The summed E-state index contributed by atoms with van der Waals surface area (Å²) in [5.74, 6) is -0.832. The normalized spacial score (nSPS) is 12.2. The molecule has 0 bridgehead atoms. The van der Waals surface area contributed by atoms with Crippen LogP contribution in [0.3, 0.4) is 0 Å². The van der Waals surface area contributed by atoms with Crippen LogP contribution >= 0.6 is 23.2 Å². The summed E-state index contributed by atoms with van der Waals surface area (Å²) in [5.41, 5.74) is 1.78. The molecule has 2 aromatic carbocycles. The molecule has 2 rings (SSSR count). The van der Waals surface area contributed by atoms with Crippen LogP contribution in [-0.2, 0) is 26.2 Å². The standard InChI is InChI=1S/C24H31Cl2N3O4S/c1-5-6-13-27-24(31)18(3)28(15-19-11-12-20(25)21(26)14-19)23(30)16-29(34(4,32)33)22-10-8-7-9-17(22)2/h7-12,14,18H,5-6,13,15-16H2,1-4H3,(H,27,31)/t18-/m1/s1. The van der Waals surface area contributed by atoms with Gasteiger partial charge in [-0.1, -0.05) is 60.8 Å². The molecule has 0 aliphatic rings. The van der Waals surface area contributed by atoms with Crippen LogP contribution in [-0.4, -0.2) is 50.5 Å². The van der Waals surface area contributed by atoms with Crippen LogP contribution in [0.5, 0.6) is 0 Å². The van der Waals surface area contributed by atoms with E-state index in [0.717, 1.165) is 23.4 Å². The number of para-hydroxylation sites is 1. The zero-order valence-electron chi connectivity index (χ0n) is 19.8. The maximum Gasteiger partial charge on any atom is 0.244 e. The van der Waals surface area contributed by atoms with E-state index in [-0.39, 0.29) is 12.5 Å². The van der Waals surface area contributed by atoms with Crippen molar-refractivity contribution in [2.75, 3.05) is 23.7 Å². The maximum atomic E-state index is 13.5. The number of sulfonamides is 1. The van der Waals surface area contributed by atoms with Gasteiger partial charge in [0.25, 0.3) is 0 Å². The molecule has 0 saturated carbocycles. The summed E-state index contributed by atoms with van der Waals surface area (Å²) in [6, 6.07) is 11.0. The van der Waals surface area contributed by atoms with E-state index >= 15 is 0 Å². The summed E-state index contributed by atoms with van der Waals surface area (Å²) in [7, 11) is -3.77. The van der Waals surface area contributed by atoms with Crippen molar-refractivity contribution in [2.45, 2.75) is 46.2 Å². The number of carbonyl (C=O) groups excluding carboxylic acids is 2. The summed E-state index contributed by atoms with van der Waals surface area (Å²) in [6.07, 6.45) is 2.78. The minimum atomic E-state index is -3.77. The molecule has 0 spiro atoms. The molecule has 0 fully saturated rings. The monoisotopic (exact) mass is 527 g/mol. The molecular weight excluding hydrogens is 497 g/mol. The van der Waals surface area contributed by atoms with Crippen molar-refractivity contribution in [1.29, 1.82) is 0 Å². The van der Waals surface area contributed by atoms with E-state index < -0.39 is 28.5 Å². The third-order valence-electron chi connectivity index (χ3n) is 5.40. The van der Waals surface area contributed by atoms with Crippen molar-refractivity contribution < 1.29 is 18.0 Å². The van der Waals surface area contributed by atoms with Gasteiger partial charge >= 0.3 is 0 Å². The number of carbonyl (C=O) groups is 2. The van der Waals surface area contributed by atoms with Gasteiger partial charge in [-0.2, -0.15) is 0 Å². The molecule has 10 heteroatoms. The summed E-state index contributed by atoms with van der Waals surface area (Å²) >= 11 is 12.2. The average Bonchev–Trinajstić information content (AvgIpc) is 2.77. The highest BCUT2D eigenvalue weighted by atomic mass is 35.5. The Balaban J connectivity index is 2.38. The van der Waals surface area contributed by atoms with Crippen LogP contribution in [0.2, 0.25) is 10.0 Å². The third-order valence-corrected chi connectivity index (χ3v) is 7.26. The molecule has 0 aliphatic carbocycles. The number of amides is 2. The van der Waals surface area contributed by atoms with Crippen LogP contribution in [0.4, 0.5) is 5.69 Å². The van der Waals surface area contributed by atoms with Gasteiger partial charge in [0.1, 0.15) is 12.6 Å². The number of halogens is 2. The minimum absolute atomic E-state index is 0.0590. The highest BCUT2D eigenvalue weighted by Crippen LogP contribution is 2.25. The quantitative estimate of drug-likeness (QED) is 0.438. The Bertz CT molecular complexity index is 1120. The van der Waals surface area contributed by atoms with Crippen molar-refractivity contribution in [3.8, 4) is 0 Å². The van der Waals surface area contributed by atoms with Crippen LogP contribution in [0.15, 0.2) is 42.5 Å². The van der Waals surface area contributed by atoms with Crippen molar-refractivity contribution >= 4 is 50.7 Å². The second-order valence-corrected chi connectivity index (χ2v) is 10.9. The van der Waals surface area contributed by atoms with Gasteiger partial charge in [-0.25, -0.2) is 8.42 Å². The molecular formula is C24H31Cl2N3O4S. The maximum absolute atomic E-state index is 13.5. The molecule has 0 heterocycles. The molecule has 2 amide bonds. The lowest BCUT2D eigenvalue weighted by molar-refractivity contribution is -0.139. The number of rotatable bonds is 11. The van der Waals surface area contributed by atoms with Crippen LogP contribution < -0.4 is 9.62 Å². The number of nitrogens with zero attached hydrogens (tertiary/aromatic N) is 2. The van der Waals surface area contributed by atoms with Gasteiger partial charge in [-0.05, 0) is 49.6 Å². The summed E-state index contributed by atoms with van der Waals surface area (Å²) in [6.45, 7) is 5.51. The van der Waals surface area contributed by atoms with E-state index in [1.807, 2.05) is 6.92 Å². The second-order valence-electron chi connectivity index (χ2n) is 8.15. The number of hydrogen-bond acceptors (Lipinski definition) is 4. The Morgan fingerprint density at radius 2 is 1.76 bits per heavy atom. The van der Waals surface area contributed by atoms with E-state index in [4.69, 9.17) is 23.2 Å². The number of unbranched alkanes of at least 4 members (excludes halogenated alkanes) is 1. The van der Waals surface area contributed by atoms with Gasteiger partial charge in [0, 0.05) is 13.1 Å². The number of aryl methyl sites for hydroxylation is 1. The fourth-order valence-corrected chi connectivity index (χ4v) is 4.62. The molecule has 1 atom stereocenters. The van der Waals surface area contributed by atoms with Gasteiger partial charge in [-0.15, -0.1) is 0 Å². The fraction of sp³-hybridized carbons (Fsp3) is 0.417. The highest BCUT2D eigenvalue weighted by molar-refractivity contribution is 7.92. The Morgan fingerprint density at radius 3 is 2.35 bits per heavy atom. The molecule has 186 valence electrons. The molecule has 0 aromatic heterocycles. The lowest BCUT2D eigenvalue weighted by Crippen LogP contribution is -2.51. The van der Waals surface area contributed by atoms with Gasteiger partial charge in [0.05, 0.1) is 22.0 Å². The molecule has 34 heavy (non-hydrogen) atoms. The lowest BCUT2D eigenvalue weighted by Gasteiger charge is -2.32. The first-order chi connectivity index (χ1) is 16.0. The Morgan fingerprint density at radius 1 is 1.09 bits per heavy atom.